The van der Waals surface area contributed by atoms with Crippen molar-refractivity contribution < 1.29 is 23.8 Å². The first-order chi connectivity index (χ1) is 13.4. The number of carbonyl (C=O) groups is 2. The van der Waals surface area contributed by atoms with E-state index in [1.165, 1.54) is 28.9 Å². The number of hydrogen-bond donors (Lipinski definition) is 1. The maximum Gasteiger partial charge on any atom is 0.349 e. The number of hydrogen-bond acceptors (Lipinski definition) is 6. The van der Waals surface area contributed by atoms with Crippen LogP contribution in [0.25, 0.3) is 0 Å². The summed E-state index contributed by atoms with van der Waals surface area (Å²) in [7, 11) is 3.07. The fourth-order valence-corrected chi connectivity index (χ4v) is 4.33. The molecule has 0 unspecified atom stereocenters. The summed E-state index contributed by atoms with van der Waals surface area (Å²) >= 11 is 1.48. The summed E-state index contributed by atoms with van der Waals surface area (Å²) in [5, 5.41) is 2.73. The van der Waals surface area contributed by atoms with Gasteiger partial charge in [-0.15, -0.1) is 11.3 Å². The normalized spacial score (nSPS) is 16.6. The van der Waals surface area contributed by atoms with Gasteiger partial charge < -0.3 is 19.5 Å². The Morgan fingerprint density at radius 3 is 2.64 bits per heavy atom. The quantitative estimate of drug-likeness (QED) is 0.736. The number of thiophene rings is 1. The van der Waals surface area contributed by atoms with E-state index in [2.05, 4.69) is 12.2 Å². The number of amides is 1. The van der Waals surface area contributed by atoms with E-state index < -0.39 is 18.0 Å². The highest BCUT2D eigenvalue weighted by Gasteiger charge is 2.24. The van der Waals surface area contributed by atoms with E-state index in [1.54, 1.807) is 32.2 Å². The van der Waals surface area contributed by atoms with Gasteiger partial charge in [0.2, 0.25) is 0 Å². The molecule has 1 aliphatic rings. The third-order valence-electron chi connectivity index (χ3n) is 4.83. The van der Waals surface area contributed by atoms with E-state index in [0.29, 0.717) is 28.0 Å². The number of rotatable bonds is 6. The monoisotopic (exact) mass is 403 g/mol. The third-order valence-corrected chi connectivity index (χ3v) is 6.05. The number of anilines is 1. The summed E-state index contributed by atoms with van der Waals surface area (Å²) in [6.07, 6.45) is 2.23. The van der Waals surface area contributed by atoms with Gasteiger partial charge in [0.25, 0.3) is 5.91 Å². The molecule has 0 aliphatic heterocycles. The van der Waals surface area contributed by atoms with Crippen LogP contribution < -0.4 is 14.8 Å². The summed E-state index contributed by atoms with van der Waals surface area (Å²) in [4.78, 5) is 26.7. The van der Waals surface area contributed by atoms with Gasteiger partial charge in [-0.05, 0) is 55.9 Å². The van der Waals surface area contributed by atoms with E-state index in [0.717, 1.165) is 19.3 Å². The first-order valence-electron chi connectivity index (χ1n) is 9.26. The average Bonchev–Trinajstić information content (AvgIpc) is 3.11. The number of aryl methyl sites for hydroxylation is 1. The second kappa shape index (κ2) is 8.65. The second-order valence-corrected chi connectivity index (χ2v) is 8.15. The number of esters is 1. The van der Waals surface area contributed by atoms with Gasteiger partial charge in [-0.3, -0.25) is 4.79 Å². The van der Waals surface area contributed by atoms with Crippen molar-refractivity contribution in [1.82, 2.24) is 0 Å². The number of nitrogens with one attached hydrogen (secondary N) is 1. The Morgan fingerprint density at radius 2 is 1.93 bits per heavy atom. The van der Waals surface area contributed by atoms with E-state index in [9.17, 15) is 9.59 Å². The molecule has 1 amide bonds. The SMILES string of the molecule is COc1ccc(NC(=O)[C@H](C)OC(=O)c2cc3c(s2)CC[C@@H](C)C3)cc1OC. The molecule has 0 saturated carbocycles. The molecule has 1 heterocycles. The van der Waals surface area contributed by atoms with Crippen molar-refractivity contribution in [2.75, 3.05) is 19.5 Å². The predicted octanol–water partition coefficient (Wildman–Crippen LogP) is 4.07. The van der Waals surface area contributed by atoms with Crippen molar-refractivity contribution in [1.29, 1.82) is 0 Å². The lowest BCUT2D eigenvalue weighted by Gasteiger charge is -2.16. The molecule has 1 N–H and O–H groups in total. The van der Waals surface area contributed by atoms with Crippen molar-refractivity contribution in [2.45, 2.75) is 39.2 Å². The maximum absolute atomic E-state index is 12.5. The van der Waals surface area contributed by atoms with Crippen molar-refractivity contribution >= 4 is 28.9 Å². The molecule has 0 saturated heterocycles. The lowest BCUT2D eigenvalue weighted by atomic mass is 9.90. The average molecular weight is 404 g/mol. The highest BCUT2D eigenvalue weighted by molar-refractivity contribution is 7.14. The van der Waals surface area contributed by atoms with Crippen molar-refractivity contribution in [2.24, 2.45) is 5.92 Å². The first kappa shape index (κ1) is 20.2. The number of benzene rings is 1. The lowest BCUT2D eigenvalue weighted by Crippen LogP contribution is -2.29. The zero-order valence-corrected chi connectivity index (χ0v) is 17.4. The van der Waals surface area contributed by atoms with E-state index in [1.807, 2.05) is 6.07 Å². The Morgan fingerprint density at radius 1 is 1.18 bits per heavy atom. The van der Waals surface area contributed by atoms with Crippen LogP contribution in [-0.2, 0) is 22.4 Å². The molecule has 28 heavy (non-hydrogen) atoms. The fourth-order valence-electron chi connectivity index (χ4n) is 3.24. The molecular weight excluding hydrogens is 378 g/mol. The van der Waals surface area contributed by atoms with Crippen LogP contribution >= 0.6 is 11.3 Å². The summed E-state index contributed by atoms with van der Waals surface area (Å²) in [5.74, 6) is 0.842. The zero-order valence-electron chi connectivity index (χ0n) is 16.5. The molecule has 0 bridgehead atoms. The summed E-state index contributed by atoms with van der Waals surface area (Å²) < 4.78 is 15.8. The van der Waals surface area contributed by atoms with Crippen LogP contribution in [0.1, 0.15) is 40.4 Å². The second-order valence-electron chi connectivity index (χ2n) is 7.01. The van der Waals surface area contributed by atoms with Gasteiger partial charge in [0.05, 0.1) is 14.2 Å². The minimum absolute atomic E-state index is 0.407. The molecule has 150 valence electrons. The number of carbonyl (C=O) groups excluding carboxylic acids is 2. The topological polar surface area (TPSA) is 73.9 Å². The maximum atomic E-state index is 12.5. The van der Waals surface area contributed by atoms with Gasteiger partial charge in [0.15, 0.2) is 17.6 Å². The van der Waals surface area contributed by atoms with Crippen LogP contribution in [-0.4, -0.2) is 32.2 Å². The Labute approximate surface area is 168 Å². The van der Waals surface area contributed by atoms with Crippen LogP contribution in [0.3, 0.4) is 0 Å². The Balaban J connectivity index is 1.62. The molecule has 1 aromatic heterocycles. The smallest absolute Gasteiger partial charge is 0.349 e. The highest BCUT2D eigenvalue weighted by atomic mass is 32.1. The third kappa shape index (κ3) is 4.47. The minimum Gasteiger partial charge on any atom is -0.493 e. The number of methoxy groups -OCH3 is 2. The largest absolute Gasteiger partial charge is 0.493 e. The Bertz CT molecular complexity index is 876. The van der Waals surface area contributed by atoms with Crippen molar-refractivity contribution in [3.63, 3.8) is 0 Å². The standard InChI is InChI=1S/C21H25NO5S/c1-12-5-8-18-14(9-12)10-19(28-18)21(24)27-13(2)20(23)22-15-6-7-16(25-3)17(11-15)26-4/h6-7,10-13H,5,8-9H2,1-4H3,(H,22,23)/t12-,13+/m1/s1. The molecule has 2 aromatic rings. The summed E-state index contributed by atoms with van der Waals surface area (Å²) in [6.45, 7) is 3.78. The molecule has 0 fully saturated rings. The molecule has 0 spiro atoms. The lowest BCUT2D eigenvalue weighted by molar-refractivity contribution is -0.123. The summed E-state index contributed by atoms with van der Waals surface area (Å²) in [6, 6.07) is 6.96. The molecule has 1 aliphatic carbocycles. The predicted molar refractivity (Wildman–Crippen MR) is 109 cm³/mol. The highest BCUT2D eigenvalue weighted by Crippen LogP contribution is 2.33. The van der Waals surface area contributed by atoms with Gasteiger partial charge >= 0.3 is 5.97 Å². The van der Waals surface area contributed by atoms with Crippen molar-refractivity contribution in [3.8, 4) is 11.5 Å². The van der Waals surface area contributed by atoms with Gasteiger partial charge in [-0.1, -0.05) is 6.92 Å². The molecule has 7 heteroatoms. The van der Waals surface area contributed by atoms with Gasteiger partial charge in [-0.25, -0.2) is 4.79 Å². The Hall–Kier alpha value is -2.54. The van der Waals surface area contributed by atoms with E-state index >= 15 is 0 Å². The molecule has 3 rings (SSSR count). The number of ether oxygens (including phenoxy) is 3. The molecule has 1 aromatic carbocycles. The van der Waals surface area contributed by atoms with E-state index in [4.69, 9.17) is 14.2 Å². The van der Waals surface area contributed by atoms with Crippen molar-refractivity contribution in [3.05, 3.63) is 39.6 Å². The van der Waals surface area contributed by atoms with Gasteiger partial charge in [0, 0.05) is 16.6 Å². The van der Waals surface area contributed by atoms with Crippen LogP contribution in [0, 0.1) is 5.92 Å². The Kier molecular flexibility index (Phi) is 6.24. The first-order valence-corrected chi connectivity index (χ1v) is 10.1. The van der Waals surface area contributed by atoms with Crippen LogP contribution in [0.5, 0.6) is 11.5 Å². The van der Waals surface area contributed by atoms with Crippen LogP contribution in [0.4, 0.5) is 5.69 Å². The molecular formula is C21H25NO5S. The molecule has 0 radical (unpaired) electrons. The van der Waals surface area contributed by atoms with Crippen LogP contribution in [0.2, 0.25) is 0 Å². The van der Waals surface area contributed by atoms with Gasteiger partial charge in [-0.2, -0.15) is 0 Å². The summed E-state index contributed by atoms with van der Waals surface area (Å²) in [5.41, 5.74) is 1.77. The number of fused-ring (bicyclic) bond motifs is 1. The minimum atomic E-state index is -0.918. The van der Waals surface area contributed by atoms with Gasteiger partial charge in [0.1, 0.15) is 4.88 Å². The molecule has 2 atom stereocenters. The fraction of sp³-hybridized carbons (Fsp3) is 0.429. The molecule has 6 nitrogen and oxygen atoms in total. The van der Waals surface area contributed by atoms with E-state index in [-0.39, 0.29) is 0 Å². The zero-order chi connectivity index (χ0) is 20.3. The van der Waals surface area contributed by atoms with Crippen LogP contribution in [0.15, 0.2) is 24.3 Å².